The van der Waals surface area contributed by atoms with Gasteiger partial charge in [-0.1, -0.05) is 67.2 Å². The summed E-state index contributed by atoms with van der Waals surface area (Å²) in [6.45, 7) is 13.0. The van der Waals surface area contributed by atoms with Gasteiger partial charge in [-0.15, -0.1) is 0 Å². The Morgan fingerprint density at radius 3 is 1.25 bits per heavy atom. The molecule has 0 aliphatic carbocycles. The highest BCUT2D eigenvalue weighted by Gasteiger charge is 2.40. The number of ether oxygens (including phenoxy) is 2. The summed E-state index contributed by atoms with van der Waals surface area (Å²) in [5, 5.41) is 0. The maximum atomic E-state index is 12.5. The molecule has 0 radical (unpaired) electrons. The Morgan fingerprint density at radius 2 is 1.00 bits per heavy atom. The van der Waals surface area contributed by atoms with E-state index in [9.17, 15) is 9.59 Å². The maximum absolute atomic E-state index is 12.5. The van der Waals surface area contributed by atoms with Gasteiger partial charge >= 0.3 is 11.9 Å². The summed E-state index contributed by atoms with van der Waals surface area (Å²) in [5.41, 5.74) is 0. The normalized spacial score (nSPS) is 13.8. The molecule has 142 valence electrons. The van der Waals surface area contributed by atoms with Crippen molar-refractivity contribution in [3.05, 3.63) is 0 Å². The van der Waals surface area contributed by atoms with Crippen molar-refractivity contribution in [1.82, 2.24) is 0 Å². The van der Waals surface area contributed by atoms with Gasteiger partial charge in [0.05, 0.1) is 25.0 Å². The number of carbonyl (C=O) groups is 2. The van der Waals surface area contributed by atoms with E-state index in [1.54, 1.807) is 0 Å². The lowest BCUT2D eigenvalue weighted by atomic mass is 9.77. The summed E-state index contributed by atoms with van der Waals surface area (Å²) in [7, 11) is 0. The summed E-state index contributed by atoms with van der Waals surface area (Å²) in [6, 6.07) is 0. The van der Waals surface area contributed by atoms with Crippen LogP contribution in [-0.4, -0.2) is 25.2 Å². The summed E-state index contributed by atoms with van der Waals surface area (Å²) < 4.78 is 10.9. The Hall–Kier alpha value is -1.06. The van der Waals surface area contributed by atoms with Crippen molar-refractivity contribution in [3.63, 3.8) is 0 Å². The fraction of sp³-hybridized carbons (Fsp3) is 0.900. The van der Waals surface area contributed by atoms with Gasteiger partial charge in [-0.05, 0) is 24.7 Å². The van der Waals surface area contributed by atoms with E-state index in [-0.39, 0.29) is 23.8 Å². The van der Waals surface area contributed by atoms with Gasteiger partial charge in [-0.2, -0.15) is 0 Å². The average molecular weight is 343 g/mol. The first-order valence-corrected chi connectivity index (χ1v) is 9.69. The molecule has 4 heteroatoms. The van der Waals surface area contributed by atoms with Crippen LogP contribution in [0.2, 0.25) is 0 Å². The summed E-state index contributed by atoms with van der Waals surface area (Å²) >= 11 is 0. The van der Waals surface area contributed by atoms with E-state index in [4.69, 9.17) is 9.47 Å². The predicted molar refractivity (Wildman–Crippen MR) is 97.6 cm³/mol. The molecule has 0 rings (SSSR count). The Bertz CT molecular complexity index is 316. The SMILES string of the molecule is CCCCCOC(=O)C(C(C)C)C(C(=O)OCCCCC)C(C)C. The maximum Gasteiger partial charge on any atom is 0.310 e. The molecule has 0 saturated carbocycles. The molecule has 4 nitrogen and oxygen atoms in total. The van der Waals surface area contributed by atoms with Crippen LogP contribution in [-0.2, 0) is 19.1 Å². The standard InChI is InChI=1S/C20H38O4/c1-7-9-11-13-23-19(21)17(15(3)4)18(16(5)6)20(22)24-14-12-10-8-2/h15-18H,7-14H2,1-6H3. The molecule has 0 aliphatic heterocycles. The minimum absolute atomic E-state index is 0.0410. The Morgan fingerprint density at radius 1 is 0.667 bits per heavy atom. The molecule has 0 aromatic heterocycles. The van der Waals surface area contributed by atoms with Crippen molar-refractivity contribution >= 4 is 11.9 Å². The fourth-order valence-electron chi connectivity index (χ4n) is 2.91. The molecule has 0 N–H and O–H groups in total. The van der Waals surface area contributed by atoms with E-state index in [1.165, 1.54) is 0 Å². The smallest absolute Gasteiger partial charge is 0.310 e. The molecule has 0 bridgehead atoms. The van der Waals surface area contributed by atoms with Crippen LogP contribution in [0.1, 0.15) is 80.1 Å². The largest absolute Gasteiger partial charge is 0.465 e. The molecule has 0 saturated heterocycles. The van der Waals surface area contributed by atoms with Crippen LogP contribution in [0.25, 0.3) is 0 Å². The van der Waals surface area contributed by atoms with Crippen LogP contribution in [0.4, 0.5) is 0 Å². The van der Waals surface area contributed by atoms with Crippen molar-refractivity contribution in [2.24, 2.45) is 23.7 Å². The number of carbonyl (C=O) groups excluding carboxylic acids is 2. The zero-order valence-corrected chi connectivity index (χ0v) is 16.6. The quantitative estimate of drug-likeness (QED) is 0.349. The lowest BCUT2D eigenvalue weighted by Crippen LogP contribution is -2.39. The van der Waals surface area contributed by atoms with Crippen LogP contribution < -0.4 is 0 Å². The monoisotopic (exact) mass is 342 g/mol. The first kappa shape index (κ1) is 22.9. The minimum atomic E-state index is -0.440. The molecule has 0 aromatic rings. The van der Waals surface area contributed by atoms with Crippen molar-refractivity contribution in [1.29, 1.82) is 0 Å². The number of hydrogen-bond acceptors (Lipinski definition) is 4. The Balaban J connectivity index is 4.83. The molecular weight excluding hydrogens is 304 g/mol. The second-order valence-electron chi connectivity index (χ2n) is 7.29. The van der Waals surface area contributed by atoms with Crippen LogP contribution in [0.15, 0.2) is 0 Å². The van der Waals surface area contributed by atoms with Crippen LogP contribution in [0.3, 0.4) is 0 Å². The minimum Gasteiger partial charge on any atom is -0.465 e. The summed E-state index contributed by atoms with van der Waals surface area (Å²) in [4.78, 5) is 25.1. The summed E-state index contributed by atoms with van der Waals surface area (Å²) in [6.07, 6.45) is 6.02. The molecule has 0 fully saturated rings. The second-order valence-corrected chi connectivity index (χ2v) is 7.29. The molecular formula is C20H38O4. The highest BCUT2D eigenvalue weighted by molar-refractivity contribution is 5.82. The second kappa shape index (κ2) is 13.3. The van der Waals surface area contributed by atoms with Gasteiger partial charge in [0.2, 0.25) is 0 Å². The van der Waals surface area contributed by atoms with Crippen molar-refractivity contribution in [3.8, 4) is 0 Å². The van der Waals surface area contributed by atoms with Gasteiger partial charge in [-0.3, -0.25) is 9.59 Å². The molecule has 2 atom stereocenters. The average Bonchev–Trinajstić information content (AvgIpc) is 2.52. The topological polar surface area (TPSA) is 52.6 Å². The molecule has 0 aliphatic rings. The Labute approximate surface area is 148 Å². The van der Waals surface area contributed by atoms with Crippen molar-refractivity contribution in [2.45, 2.75) is 80.1 Å². The van der Waals surface area contributed by atoms with Crippen LogP contribution in [0.5, 0.6) is 0 Å². The highest BCUT2D eigenvalue weighted by Crippen LogP contribution is 2.30. The van der Waals surface area contributed by atoms with E-state index in [0.29, 0.717) is 13.2 Å². The lowest BCUT2D eigenvalue weighted by molar-refractivity contribution is -0.165. The first-order chi connectivity index (χ1) is 11.4. The van der Waals surface area contributed by atoms with E-state index >= 15 is 0 Å². The van der Waals surface area contributed by atoms with Crippen molar-refractivity contribution < 1.29 is 19.1 Å². The number of hydrogen-bond donors (Lipinski definition) is 0. The summed E-state index contributed by atoms with van der Waals surface area (Å²) in [5.74, 6) is -1.32. The first-order valence-electron chi connectivity index (χ1n) is 9.69. The van der Waals surface area contributed by atoms with Gasteiger partial charge in [0.25, 0.3) is 0 Å². The molecule has 0 heterocycles. The third-order valence-electron chi connectivity index (χ3n) is 4.35. The van der Waals surface area contributed by atoms with Gasteiger partial charge in [0, 0.05) is 0 Å². The highest BCUT2D eigenvalue weighted by atomic mass is 16.5. The zero-order chi connectivity index (χ0) is 18.5. The van der Waals surface area contributed by atoms with Gasteiger partial charge in [-0.25, -0.2) is 0 Å². The Kier molecular flexibility index (Phi) is 12.7. The molecule has 0 spiro atoms. The number of unbranched alkanes of at least 4 members (excludes halogenated alkanes) is 4. The third kappa shape index (κ3) is 8.70. The molecule has 2 unspecified atom stereocenters. The van der Waals surface area contributed by atoms with Crippen molar-refractivity contribution in [2.75, 3.05) is 13.2 Å². The van der Waals surface area contributed by atoms with E-state index < -0.39 is 11.8 Å². The zero-order valence-electron chi connectivity index (χ0n) is 16.6. The third-order valence-corrected chi connectivity index (χ3v) is 4.35. The van der Waals surface area contributed by atoms with Gasteiger partial charge in [0.15, 0.2) is 0 Å². The number of rotatable bonds is 13. The van der Waals surface area contributed by atoms with E-state index in [0.717, 1.165) is 38.5 Å². The van der Waals surface area contributed by atoms with E-state index in [2.05, 4.69) is 13.8 Å². The fourth-order valence-corrected chi connectivity index (χ4v) is 2.91. The van der Waals surface area contributed by atoms with E-state index in [1.807, 2.05) is 27.7 Å². The van der Waals surface area contributed by atoms with Crippen LogP contribution in [0, 0.1) is 23.7 Å². The molecule has 0 amide bonds. The van der Waals surface area contributed by atoms with Gasteiger partial charge in [0.1, 0.15) is 0 Å². The lowest BCUT2D eigenvalue weighted by Gasteiger charge is -2.29. The number of esters is 2. The predicted octanol–water partition coefficient (Wildman–Crippen LogP) is 5.00. The molecule has 24 heavy (non-hydrogen) atoms. The molecule has 0 aromatic carbocycles. The van der Waals surface area contributed by atoms with Crippen LogP contribution >= 0.6 is 0 Å². The van der Waals surface area contributed by atoms with Gasteiger partial charge < -0.3 is 9.47 Å².